The molecule has 0 aliphatic carbocycles. The van der Waals surface area contributed by atoms with Crippen molar-refractivity contribution in [2.24, 2.45) is 0 Å². The molecule has 16 heavy (non-hydrogen) atoms. The van der Waals surface area contributed by atoms with Gasteiger partial charge in [0, 0.05) is 5.56 Å². The minimum atomic E-state index is -0.778. The second kappa shape index (κ2) is 4.25. The number of nitrogens with one attached hydrogen (secondary N) is 1. The number of alkyl halides is 1. The lowest BCUT2D eigenvalue weighted by Gasteiger charge is -1.97. The highest BCUT2D eigenvalue weighted by Crippen LogP contribution is 2.10. The number of rotatable bonds is 0. The third-order valence-corrected chi connectivity index (χ3v) is 2.11. The van der Waals surface area contributed by atoms with Gasteiger partial charge in [0.25, 0.3) is 0 Å². The fraction of sp³-hybridized carbons (Fsp3) is 0.0909. The van der Waals surface area contributed by atoms with E-state index in [1.165, 1.54) is 0 Å². The van der Waals surface area contributed by atoms with Crippen LogP contribution in [0.15, 0.2) is 32.2 Å². The Balaban J connectivity index is 2.87. The molecule has 0 bridgehead atoms. The molecule has 0 saturated heterocycles. The molecule has 0 aliphatic heterocycles. The Morgan fingerprint density at radius 1 is 1.38 bits per heavy atom. The quantitative estimate of drug-likeness (QED) is 0.549. The summed E-state index contributed by atoms with van der Waals surface area (Å²) in [5.41, 5.74) is 0.198. The molecule has 0 radical (unpaired) electrons. The topological polar surface area (TPSA) is 63.1 Å². The number of H-pyrrole nitrogens is 1. The maximum Gasteiger partial charge on any atom is 0.419 e. The fourth-order valence-corrected chi connectivity index (χ4v) is 1.45. The van der Waals surface area contributed by atoms with Crippen LogP contribution in [0.3, 0.4) is 0 Å². The molecule has 80 valence electrons. The molecule has 1 heterocycles. The van der Waals surface area contributed by atoms with Crippen molar-refractivity contribution in [2.45, 2.75) is 0 Å². The van der Waals surface area contributed by atoms with Gasteiger partial charge >= 0.3 is 11.4 Å². The zero-order valence-electron chi connectivity index (χ0n) is 8.04. The van der Waals surface area contributed by atoms with Crippen molar-refractivity contribution < 1.29 is 4.42 Å². The molecular weight excluding hydrogens is 230 g/mol. The van der Waals surface area contributed by atoms with E-state index in [4.69, 9.17) is 11.6 Å². The molecule has 1 N–H and O–H groups in total. The predicted octanol–water partition coefficient (Wildman–Crippen LogP) is 1.07. The first-order valence-corrected chi connectivity index (χ1v) is 4.97. The molecule has 4 nitrogen and oxygen atoms in total. The molecular formula is C11H6ClNO3. The Morgan fingerprint density at radius 2 is 2.19 bits per heavy atom. The van der Waals surface area contributed by atoms with Crippen LogP contribution < -0.4 is 11.4 Å². The molecule has 0 aliphatic rings. The largest absolute Gasteiger partial charge is 0.419 e. The summed E-state index contributed by atoms with van der Waals surface area (Å²) in [6.45, 7) is 0. The average molecular weight is 236 g/mol. The van der Waals surface area contributed by atoms with E-state index in [0.717, 1.165) is 0 Å². The van der Waals surface area contributed by atoms with Crippen molar-refractivity contribution in [2.75, 3.05) is 5.88 Å². The van der Waals surface area contributed by atoms with Crippen LogP contribution in [0.4, 0.5) is 0 Å². The zero-order chi connectivity index (χ0) is 11.5. The highest BCUT2D eigenvalue weighted by Gasteiger charge is 2.05. The highest BCUT2D eigenvalue weighted by atomic mass is 35.5. The van der Waals surface area contributed by atoms with Crippen LogP contribution in [0.1, 0.15) is 5.56 Å². The molecule has 5 heteroatoms. The second-order valence-corrected chi connectivity index (χ2v) is 3.23. The lowest BCUT2D eigenvalue weighted by Crippen LogP contribution is -2.15. The van der Waals surface area contributed by atoms with Gasteiger partial charge in [0.2, 0.25) is 0 Å². The molecule has 0 unspecified atom stereocenters. The first-order valence-electron chi connectivity index (χ1n) is 4.43. The Morgan fingerprint density at radius 3 is 2.94 bits per heavy atom. The number of benzene rings is 1. The summed E-state index contributed by atoms with van der Waals surface area (Å²) in [6, 6.07) is 4.96. The normalized spacial score (nSPS) is 9.81. The average Bonchev–Trinajstić information content (AvgIpc) is 2.25. The van der Waals surface area contributed by atoms with Gasteiger partial charge in [0.05, 0.1) is 16.8 Å². The van der Waals surface area contributed by atoms with Gasteiger partial charge < -0.3 is 4.42 Å². The van der Waals surface area contributed by atoms with Crippen LogP contribution in [0, 0.1) is 11.8 Å². The van der Waals surface area contributed by atoms with Gasteiger partial charge in [-0.1, -0.05) is 17.9 Å². The Bertz CT molecular complexity index is 703. The monoisotopic (exact) mass is 235 g/mol. The number of halogens is 1. The van der Waals surface area contributed by atoms with E-state index in [1.54, 1.807) is 18.2 Å². The third-order valence-electron chi connectivity index (χ3n) is 1.98. The minimum Gasteiger partial charge on any atom is -0.372 e. The predicted molar refractivity (Wildman–Crippen MR) is 60.7 cm³/mol. The number of hydrogen-bond donors (Lipinski definition) is 1. The summed E-state index contributed by atoms with van der Waals surface area (Å²) < 4.78 is 4.44. The molecule has 0 saturated carbocycles. The maximum atomic E-state index is 11.5. The van der Waals surface area contributed by atoms with Crippen molar-refractivity contribution in [3.05, 3.63) is 44.7 Å². The standard InChI is InChI=1S/C11H6ClNO3/c12-6-2-4-7-3-1-5-8-9(7)10(14)16-11(15)13-8/h1,3,5H,6H2,(H,13,15). The number of aromatic nitrogens is 1. The van der Waals surface area contributed by atoms with Crippen LogP contribution in [-0.2, 0) is 0 Å². The van der Waals surface area contributed by atoms with Crippen molar-refractivity contribution in [3.8, 4) is 11.8 Å². The van der Waals surface area contributed by atoms with Crippen LogP contribution in [0.25, 0.3) is 10.9 Å². The highest BCUT2D eigenvalue weighted by molar-refractivity contribution is 6.19. The summed E-state index contributed by atoms with van der Waals surface area (Å²) in [5, 5.41) is 0.264. The van der Waals surface area contributed by atoms with Crippen LogP contribution >= 0.6 is 11.6 Å². The van der Waals surface area contributed by atoms with Gasteiger partial charge in [0.15, 0.2) is 0 Å². The molecule has 1 aromatic heterocycles. The number of fused-ring (bicyclic) bond motifs is 1. The molecule has 0 spiro atoms. The summed E-state index contributed by atoms with van der Waals surface area (Å²) in [7, 11) is 0. The van der Waals surface area contributed by atoms with E-state index >= 15 is 0 Å². The Labute approximate surface area is 94.9 Å². The van der Waals surface area contributed by atoms with E-state index in [2.05, 4.69) is 21.2 Å². The Hall–Kier alpha value is -1.99. The summed E-state index contributed by atoms with van der Waals surface area (Å²) in [4.78, 5) is 24.9. The lowest BCUT2D eigenvalue weighted by atomic mass is 10.1. The molecule has 0 atom stereocenters. The first-order chi connectivity index (χ1) is 7.72. The molecule has 0 amide bonds. The summed E-state index contributed by atoms with van der Waals surface area (Å²) >= 11 is 5.43. The third kappa shape index (κ3) is 1.86. The van der Waals surface area contributed by atoms with Crippen molar-refractivity contribution in [1.82, 2.24) is 4.98 Å². The van der Waals surface area contributed by atoms with Crippen LogP contribution in [-0.4, -0.2) is 10.9 Å². The van der Waals surface area contributed by atoms with Crippen LogP contribution in [0.5, 0.6) is 0 Å². The van der Waals surface area contributed by atoms with Gasteiger partial charge in [-0.15, -0.1) is 11.6 Å². The van der Waals surface area contributed by atoms with E-state index in [9.17, 15) is 9.59 Å². The van der Waals surface area contributed by atoms with Gasteiger partial charge in [-0.2, -0.15) is 0 Å². The maximum absolute atomic E-state index is 11.5. The minimum absolute atomic E-state index is 0.172. The lowest BCUT2D eigenvalue weighted by molar-refractivity contribution is 0.460. The number of aromatic amines is 1. The smallest absolute Gasteiger partial charge is 0.372 e. The van der Waals surface area contributed by atoms with E-state index < -0.39 is 11.4 Å². The SMILES string of the molecule is O=c1[nH]c2cccc(C#CCCl)c2c(=O)o1. The van der Waals surface area contributed by atoms with Gasteiger partial charge in [-0.3, -0.25) is 4.98 Å². The summed E-state index contributed by atoms with van der Waals surface area (Å²) in [6.07, 6.45) is 0. The van der Waals surface area contributed by atoms with Crippen molar-refractivity contribution in [3.63, 3.8) is 0 Å². The van der Waals surface area contributed by atoms with Gasteiger partial charge in [0.1, 0.15) is 0 Å². The Kier molecular flexibility index (Phi) is 2.80. The summed E-state index contributed by atoms with van der Waals surface area (Å²) in [5.74, 6) is 4.77. The van der Waals surface area contributed by atoms with Gasteiger partial charge in [-0.05, 0) is 12.1 Å². The molecule has 1 aromatic carbocycles. The molecule has 0 fully saturated rings. The number of hydrogen-bond acceptors (Lipinski definition) is 3. The van der Waals surface area contributed by atoms with E-state index in [-0.39, 0.29) is 11.3 Å². The van der Waals surface area contributed by atoms with Gasteiger partial charge in [-0.25, -0.2) is 9.59 Å². The zero-order valence-corrected chi connectivity index (χ0v) is 8.80. The molecule has 2 rings (SSSR count). The molecule has 2 aromatic rings. The van der Waals surface area contributed by atoms with Crippen molar-refractivity contribution in [1.29, 1.82) is 0 Å². The van der Waals surface area contributed by atoms with E-state index in [0.29, 0.717) is 11.1 Å². The van der Waals surface area contributed by atoms with Crippen LogP contribution in [0.2, 0.25) is 0 Å². The van der Waals surface area contributed by atoms with Crippen molar-refractivity contribution >= 4 is 22.5 Å². The first kappa shape index (κ1) is 10.5. The second-order valence-electron chi connectivity index (χ2n) is 2.97. The van der Waals surface area contributed by atoms with E-state index in [1.807, 2.05) is 0 Å². The fourth-order valence-electron chi connectivity index (χ4n) is 1.38.